The van der Waals surface area contributed by atoms with Gasteiger partial charge in [-0.05, 0) is 13.8 Å². The van der Waals surface area contributed by atoms with Gasteiger partial charge in [0.05, 0.1) is 13.2 Å². The fraction of sp³-hybridized carbons (Fsp3) is 1.00. The van der Waals surface area contributed by atoms with Crippen LogP contribution in [0.5, 0.6) is 0 Å². The molecule has 23 heavy (non-hydrogen) atoms. The molecule has 8 heteroatoms. The van der Waals surface area contributed by atoms with Gasteiger partial charge in [0.25, 0.3) is 0 Å². The monoisotopic (exact) mass is 364 g/mol. The van der Waals surface area contributed by atoms with Gasteiger partial charge in [-0.25, -0.2) is 0 Å². The summed E-state index contributed by atoms with van der Waals surface area (Å²) in [6.45, 7) is 5.22. The van der Waals surface area contributed by atoms with Crippen LogP contribution in [0, 0.1) is 5.41 Å². The van der Waals surface area contributed by atoms with Gasteiger partial charge in [-0.15, -0.1) is 0 Å². The molecule has 0 aromatic carbocycles. The van der Waals surface area contributed by atoms with Gasteiger partial charge in [0.2, 0.25) is 0 Å². The second-order valence-electron chi connectivity index (χ2n) is 7.07. The van der Waals surface area contributed by atoms with E-state index in [0.29, 0.717) is 13.2 Å². The predicted molar refractivity (Wildman–Crippen MR) is 87.4 cm³/mol. The number of fused-ring (bicyclic) bond motifs is 1. The fourth-order valence-corrected chi connectivity index (χ4v) is 6.25. The molecule has 0 aromatic heterocycles. The number of hydrogen-bond donors (Lipinski definition) is 0. The number of methoxy groups -OCH3 is 1. The molecule has 4 atom stereocenters. The van der Waals surface area contributed by atoms with Crippen LogP contribution in [0.15, 0.2) is 0 Å². The van der Waals surface area contributed by atoms with E-state index in [9.17, 15) is 0 Å². The van der Waals surface area contributed by atoms with E-state index in [4.69, 9.17) is 28.4 Å². The summed E-state index contributed by atoms with van der Waals surface area (Å²) in [6, 6.07) is 0. The van der Waals surface area contributed by atoms with Crippen molar-refractivity contribution >= 4 is 23.5 Å². The Morgan fingerprint density at radius 2 is 1.61 bits per heavy atom. The van der Waals surface area contributed by atoms with Gasteiger partial charge in [0, 0.05) is 29.1 Å². The van der Waals surface area contributed by atoms with E-state index in [0.717, 1.165) is 16.6 Å². The highest BCUT2D eigenvalue weighted by molar-refractivity contribution is 8.16. The lowest BCUT2D eigenvalue weighted by atomic mass is 9.94. The molecule has 0 radical (unpaired) electrons. The molecule has 1 unspecified atom stereocenters. The van der Waals surface area contributed by atoms with Gasteiger partial charge in [0.15, 0.2) is 18.4 Å². The number of rotatable bonds is 2. The Morgan fingerprint density at radius 1 is 0.957 bits per heavy atom. The minimum atomic E-state index is -0.638. The molecule has 4 fully saturated rings. The van der Waals surface area contributed by atoms with E-state index >= 15 is 0 Å². The molecule has 4 rings (SSSR count). The van der Waals surface area contributed by atoms with E-state index in [1.54, 1.807) is 7.11 Å². The molecule has 0 aliphatic carbocycles. The first-order chi connectivity index (χ1) is 11.0. The minimum absolute atomic E-state index is 0.134. The van der Waals surface area contributed by atoms with Crippen molar-refractivity contribution in [2.24, 2.45) is 5.41 Å². The van der Waals surface area contributed by atoms with Crippen LogP contribution >= 0.6 is 23.5 Å². The molecule has 0 aromatic rings. The predicted octanol–water partition coefficient (Wildman–Crippen LogP) is 1.67. The highest BCUT2D eigenvalue weighted by Gasteiger charge is 2.59. The average Bonchev–Trinajstić information content (AvgIpc) is 3.02. The zero-order valence-electron chi connectivity index (χ0n) is 13.7. The summed E-state index contributed by atoms with van der Waals surface area (Å²) in [4.78, 5) is 0. The zero-order valence-corrected chi connectivity index (χ0v) is 15.3. The maximum atomic E-state index is 6.06. The standard InChI is InChI=1S/C15H24O6S2/c1-14(2)20-9-10(19-12(16-3)11(9)21-14)13-17-4-15(5-18-13)6-22-8-23-7-15/h9-13H,4-8H2,1-3H3/t9-,10+,11-,12?/m1/s1. The third-order valence-corrected chi connectivity index (χ3v) is 7.60. The van der Waals surface area contributed by atoms with Crippen LogP contribution in [-0.2, 0) is 28.4 Å². The summed E-state index contributed by atoms with van der Waals surface area (Å²) in [7, 11) is 1.62. The minimum Gasteiger partial charge on any atom is -0.353 e. The largest absolute Gasteiger partial charge is 0.353 e. The lowest BCUT2D eigenvalue weighted by Gasteiger charge is -2.43. The van der Waals surface area contributed by atoms with Crippen LogP contribution in [0.3, 0.4) is 0 Å². The van der Waals surface area contributed by atoms with Crippen molar-refractivity contribution < 1.29 is 28.4 Å². The molecule has 6 nitrogen and oxygen atoms in total. The van der Waals surface area contributed by atoms with Crippen LogP contribution in [-0.4, -0.2) is 73.6 Å². The highest BCUT2D eigenvalue weighted by Crippen LogP contribution is 2.43. The van der Waals surface area contributed by atoms with Gasteiger partial charge in [-0.3, -0.25) is 0 Å². The Labute approximate surface area is 145 Å². The van der Waals surface area contributed by atoms with Crippen molar-refractivity contribution in [3.63, 3.8) is 0 Å². The van der Waals surface area contributed by atoms with Crippen molar-refractivity contribution in [3.8, 4) is 0 Å². The summed E-state index contributed by atoms with van der Waals surface area (Å²) in [5, 5.41) is 1.16. The van der Waals surface area contributed by atoms with Gasteiger partial charge in [-0.1, -0.05) is 0 Å². The van der Waals surface area contributed by atoms with E-state index in [1.807, 2.05) is 37.4 Å². The Hall–Kier alpha value is 0.460. The van der Waals surface area contributed by atoms with Crippen LogP contribution in [0.4, 0.5) is 0 Å². The van der Waals surface area contributed by atoms with E-state index in [2.05, 4.69) is 0 Å². The molecular formula is C15H24O6S2. The van der Waals surface area contributed by atoms with Crippen molar-refractivity contribution in [2.45, 2.75) is 50.5 Å². The van der Waals surface area contributed by atoms with Gasteiger partial charge < -0.3 is 28.4 Å². The molecule has 4 heterocycles. The third kappa shape index (κ3) is 3.17. The Balaban J connectivity index is 1.42. The topological polar surface area (TPSA) is 55.4 Å². The molecule has 4 aliphatic rings. The van der Waals surface area contributed by atoms with E-state index in [-0.39, 0.29) is 23.7 Å². The van der Waals surface area contributed by atoms with Crippen LogP contribution in [0.1, 0.15) is 13.8 Å². The summed E-state index contributed by atoms with van der Waals surface area (Å²) in [5.41, 5.74) is 0.134. The van der Waals surface area contributed by atoms with Gasteiger partial charge >= 0.3 is 0 Å². The molecule has 0 saturated carbocycles. The molecule has 0 bridgehead atoms. The van der Waals surface area contributed by atoms with Gasteiger partial charge in [-0.2, -0.15) is 23.5 Å². The van der Waals surface area contributed by atoms with Crippen molar-refractivity contribution in [3.05, 3.63) is 0 Å². The van der Waals surface area contributed by atoms with Crippen molar-refractivity contribution in [2.75, 3.05) is 36.9 Å². The SMILES string of the molecule is COC1O[C@H](C2OCC3(CO2)CSCSC3)[C@H]2OC(C)(C)O[C@@H]12. The van der Waals surface area contributed by atoms with Gasteiger partial charge in [0.1, 0.15) is 18.3 Å². The van der Waals surface area contributed by atoms with Crippen LogP contribution in [0.25, 0.3) is 0 Å². The number of ether oxygens (including phenoxy) is 6. The second kappa shape index (κ2) is 6.32. The summed E-state index contributed by atoms with van der Waals surface area (Å²) < 4.78 is 35.4. The van der Waals surface area contributed by atoms with Crippen LogP contribution in [0.2, 0.25) is 0 Å². The first kappa shape index (κ1) is 16.9. The first-order valence-corrected chi connectivity index (χ1v) is 10.3. The normalized spacial score (nSPS) is 42.9. The average molecular weight is 364 g/mol. The fourth-order valence-electron chi connectivity index (χ4n) is 3.58. The summed E-state index contributed by atoms with van der Waals surface area (Å²) in [6.07, 6.45) is -1.68. The quantitative estimate of drug-likeness (QED) is 0.734. The Kier molecular flexibility index (Phi) is 4.64. The van der Waals surface area contributed by atoms with Crippen molar-refractivity contribution in [1.82, 2.24) is 0 Å². The maximum absolute atomic E-state index is 6.06. The number of thioether (sulfide) groups is 2. The lowest BCUT2D eigenvalue weighted by Crippen LogP contribution is -2.52. The lowest BCUT2D eigenvalue weighted by molar-refractivity contribution is -0.297. The molecule has 132 valence electrons. The maximum Gasteiger partial charge on any atom is 0.186 e. The molecule has 1 spiro atoms. The highest BCUT2D eigenvalue weighted by atomic mass is 32.2. The van der Waals surface area contributed by atoms with Crippen molar-refractivity contribution in [1.29, 1.82) is 0 Å². The summed E-state index contributed by atoms with van der Waals surface area (Å²) in [5.74, 6) is 1.55. The smallest absolute Gasteiger partial charge is 0.186 e. The second-order valence-corrected chi connectivity index (χ2v) is 9.41. The number of hydrogen-bond acceptors (Lipinski definition) is 8. The molecule has 0 N–H and O–H groups in total. The van der Waals surface area contributed by atoms with E-state index in [1.165, 1.54) is 0 Å². The first-order valence-electron chi connectivity index (χ1n) is 7.95. The molecule has 0 amide bonds. The zero-order chi connectivity index (χ0) is 16.1. The van der Waals surface area contributed by atoms with E-state index < -0.39 is 18.4 Å². The molecule has 4 saturated heterocycles. The molecule has 4 aliphatic heterocycles. The molecular weight excluding hydrogens is 340 g/mol. The van der Waals surface area contributed by atoms with Crippen LogP contribution < -0.4 is 0 Å². The Bertz CT molecular complexity index is 432. The Morgan fingerprint density at radius 3 is 2.26 bits per heavy atom. The summed E-state index contributed by atoms with van der Waals surface area (Å²) >= 11 is 3.92. The third-order valence-electron chi connectivity index (χ3n) is 4.64.